The summed E-state index contributed by atoms with van der Waals surface area (Å²) in [6.45, 7) is 0.254. The number of methoxy groups -OCH3 is 3. The lowest BCUT2D eigenvalue weighted by Crippen LogP contribution is -2.07. The van der Waals surface area contributed by atoms with E-state index in [0.29, 0.717) is 23.2 Å². The lowest BCUT2D eigenvalue weighted by molar-refractivity contribution is 0.206. The van der Waals surface area contributed by atoms with Gasteiger partial charge in [-0.2, -0.15) is 0 Å². The van der Waals surface area contributed by atoms with Crippen LogP contribution in [0.15, 0.2) is 42.5 Å². The number of hydrogen-bond acceptors (Lipinski definition) is 4. The number of aliphatic hydroxyl groups is 1. The van der Waals surface area contributed by atoms with Gasteiger partial charge in [0.05, 0.1) is 21.3 Å². The first-order chi connectivity index (χ1) is 13.2. The standard InChI is InChI=1S/C23H32O4/c1-25-21-15-20(16-22(26-2)23(21)27-3)14-8-13-19(17-24)12-7-11-18-9-5-4-6-10-18/h4-6,9-10,15-16,19,24H,7-8,11-14,17H2,1-3H3. The third kappa shape index (κ3) is 6.47. The third-order valence-corrected chi connectivity index (χ3v) is 4.98. The van der Waals surface area contributed by atoms with Crippen molar-refractivity contribution in [1.29, 1.82) is 0 Å². The summed E-state index contributed by atoms with van der Waals surface area (Å²) < 4.78 is 16.2. The Labute approximate surface area is 163 Å². The highest BCUT2D eigenvalue weighted by molar-refractivity contribution is 5.53. The summed E-state index contributed by atoms with van der Waals surface area (Å²) in [5.41, 5.74) is 2.53. The second-order valence-corrected chi connectivity index (χ2v) is 6.85. The van der Waals surface area contributed by atoms with Gasteiger partial charge in [0.1, 0.15) is 0 Å². The maximum Gasteiger partial charge on any atom is 0.203 e. The molecule has 0 amide bonds. The molecule has 0 aromatic heterocycles. The van der Waals surface area contributed by atoms with E-state index in [4.69, 9.17) is 14.2 Å². The van der Waals surface area contributed by atoms with Crippen LogP contribution in [-0.4, -0.2) is 33.0 Å². The van der Waals surface area contributed by atoms with Crippen molar-refractivity contribution in [2.45, 2.75) is 38.5 Å². The molecule has 1 unspecified atom stereocenters. The highest BCUT2D eigenvalue weighted by atomic mass is 16.5. The fourth-order valence-electron chi connectivity index (χ4n) is 3.44. The average Bonchev–Trinajstić information content (AvgIpc) is 2.72. The van der Waals surface area contributed by atoms with Crippen molar-refractivity contribution < 1.29 is 19.3 Å². The van der Waals surface area contributed by atoms with Crippen molar-refractivity contribution in [3.8, 4) is 17.2 Å². The monoisotopic (exact) mass is 372 g/mol. The topological polar surface area (TPSA) is 47.9 Å². The van der Waals surface area contributed by atoms with Crippen LogP contribution in [0.25, 0.3) is 0 Å². The first-order valence-corrected chi connectivity index (χ1v) is 9.65. The van der Waals surface area contributed by atoms with Gasteiger partial charge in [-0.25, -0.2) is 0 Å². The molecule has 1 N–H and O–H groups in total. The Bertz CT molecular complexity index is 644. The zero-order valence-corrected chi connectivity index (χ0v) is 16.7. The molecule has 0 aliphatic carbocycles. The summed E-state index contributed by atoms with van der Waals surface area (Å²) >= 11 is 0. The van der Waals surface area contributed by atoms with E-state index in [9.17, 15) is 5.11 Å². The number of ether oxygens (including phenoxy) is 3. The summed E-state index contributed by atoms with van der Waals surface area (Å²) in [6, 6.07) is 14.5. The molecule has 4 nitrogen and oxygen atoms in total. The minimum atomic E-state index is 0.254. The number of benzene rings is 2. The average molecular weight is 373 g/mol. The van der Waals surface area contributed by atoms with Gasteiger partial charge in [0.2, 0.25) is 5.75 Å². The van der Waals surface area contributed by atoms with E-state index in [2.05, 4.69) is 24.3 Å². The van der Waals surface area contributed by atoms with Crippen molar-refractivity contribution in [1.82, 2.24) is 0 Å². The summed E-state index contributed by atoms with van der Waals surface area (Å²) in [6.07, 6.45) is 6.20. The molecule has 1 atom stereocenters. The van der Waals surface area contributed by atoms with Gasteiger partial charge in [0.25, 0.3) is 0 Å². The Morgan fingerprint density at radius 3 is 1.81 bits per heavy atom. The van der Waals surface area contributed by atoms with Crippen molar-refractivity contribution in [3.05, 3.63) is 53.6 Å². The van der Waals surface area contributed by atoms with Gasteiger partial charge in [-0.05, 0) is 67.7 Å². The van der Waals surface area contributed by atoms with Gasteiger partial charge >= 0.3 is 0 Å². The zero-order chi connectivity index (χ0) is 19.5. The van der Waals surface area contributed by atoms with Gasteiger partial charge < -0.3 is 19.3 Å². The Hall–Kier alpha value is -2.20. The smallest absolute Gasteiger partial charge is 0.203 e. The Morgan fingerprint density at radius 2 is 1.33 bits per heavy atom. The Morgan fingerprint density at radius 1 is 0.778 bits per heavy atom. The minimum absolute atomic E-state index is 0.254. The highest BCUT2D eigenvalue weighted by Gasteiger charge is 2.14. The quantitative estimate of drug-likeness (QED) is 0.588. The van der Waals surface area contributed by atoms with Crippen molar-refractivity contribution in [2.75, 3.05) is 27.9 Å². The molecule has 0 saturated carbocycles. The summed E-state index contributed by atoms with van der Waals surface area (Å²) in [7, 11) is 4.88. The Balaban J connectivity index is 1.82. The van der Waals surface area contributed by atoms with Crippen LogP contribution in [0.5, 0.6) is 17.2 Å². The molecule has 0 radical (unpaired) electrons. The van der Waals surface area contributed by atoms with Crippen molar-refractivity contribution in [2.24, 2.45) is 5.92 Å². The van der Waals surface area contributed by atoms with E-state index in [-0.39, 0.29) is 6.61 Å². The van der Waals surface area contributed by atoms with Crippen LogP contribution in [0.4, 0.5) is 0 Å². The van der Waals surface area contributed by atoms with E-state index < -0.39 is 0 Å². The van der Waals surface area contributed by atoms with Gasteiger partial charge in [0.15, 0.2) is 11.5 Å². The number of rotatable bonds is 12. The lowest BCUT2D eigenvalue weighted by atomic mass is 9.94. The van der Waals surface area contributed by atoms with Crippen molar-refractivity contribution in [3.63, 3.8) is 0 Å². The summed E-state index contributed by atoms with van der Waals surface area (Å²) in [5, 5.41) is 9.70. The second kappa shape index (κ2) is 11.5. The van der Waals surface area contributed by atoms with E-state index in [1.54, 1.807) is 21.3 Å². The second-order valence-electron chi connectivity index (χ2n) is 6.85. The van der Waals surface area contributed by atoms with Crippen LogP contribution in [0, 0.1) is 5.92 Å². The molecule has 0 spiro atoms. The highest BCUT2D eigenvalue weighted by Crippen LogP contribution is 2.38. The van der Waals surface area contributed by atoms with Gasteiger partial charge in [0, 0.05) is 6.61 Å². The van der Waals surface area contributed by atoms with Crippen LogP contribution in [0.1, 0.15) is 36.8 Å². The summed E-state index contributed by atoms with van der Waals surface area (Å²) in [5.74, 6) is 2.36. The SMILES string of the molecule is COc1cc(CCCC(CO)CCCc2ccccc2)cc(OC)c1OC. The first kappa shape index (κ1) is 21.1. The van der Waals surface area contributed by atoms with Gasteiger partial charge in [-0.1, -0.05) is 30.3 Å². The molecule has 0 aliphatic heterocycles. The van der Waals surface area contributed by atoms with Crippen LogP contribution < -0.4 is 14.2 Å². The normalized spacial score (nSPS) is 11.9. The minimum Gasteiger partial charge on any atom is -0.493 e. The van der Waals surface area contributed by atoms with Crippen LogP contribution in [-0.2, 0) is 12.8 Å². The maximum absolute atomic E-state index is 9.70. The zero-order valence-electron chi connectivity index (χ0n) is 16.7. The van der Waals surface area contributed by atoms with Crippen molar-refractivity contribution >= 4 is 0 Å². The van der Waals surface area contributed by atoms with Gasteiger partial charge in [-0.3, -0.25) is 0 Å². The Kier molecular flexibility index (Phi) is 8.99. The molecule has 0 fully saturated rings. The molecule has 0 aliphatic rings. The first-order valence-electron chi connectivity index (χ1n) is 9.65. The van der Waals surface area contributed by atoms with Crippen LogP contribution in [0.3, 0.4) is 0 Å². The molecule has 0 bridgehead atoms. The molecular weight excluding hydrogens is 340 g/mol. The fraction of sp³-hybridized carbons (Fsp3) is 0.478. The van der Waals surface area contributed by atoms with Crippen LogP contribution in [0.2, 0.25) is 0 Å². The molecule has 27 heavy (non-hydrogen) atoms. The number of aryl methyl sites for hydroxylation is 2. The molecule has 0 saturated heterocycles. The number of aliphatic hydroxyl groups excluding tert-OH is 1. The summed E-state index contributed by atoms with van der Waals surface area (Å²) in [4.78, 5) is 0. The van der Waals surface area contributed by atoms with E-state index in [1.807, 2.05) is 18.2 Å². The van der Waals surface area contributed by atoms with Gasteiger partial charge in [-0.15, -0.1) is 0 Å². The molecule has 4 heteroatoms. The van der Waals surface area contributed by atoms with E-state index >= 15 is 0 Å². The molecule has 2 aromatic rings. The van der Waals surface area contributed by atoms with E-state index in [1.165, 1.54) is 5.56 Å². The molecule has 148 valence electrons. The molecule has 2 rings (SSSR count). The maximum atomic E-state index is 9.70. The number of hydrogen-bond donors (Lipinski definition) is 1. The third-order valence-electron chi connectivity index (χ3n) is 4.98. The predicted octanol–water partition coefficient (Wildman–Crippen LogP) is 4.67. The fourth-order valence-corrected chi connectivity index (χ4v) is 3.44. The molecule has 0 heterocycles. The lowest BCUT2D eigenvalue weighted by Gasteiger charge is -2.16. The predicted molar refractivity (Wildman–Crippen MR) is 109 cm³/mol. The molecule has 2 aromatic carbocycles. The van der Waals surface area contributed by atoms with E-state index in [0.717, 1.165) is 44.1 Å². The molecular formula is C23H32O4. The largest absolute Gasteiger partial charge is 0.493 e. The van der Waals surface area contributed by atoms with Crippen LogP contribution >= 0.6 is 0 Å².